The molecule has 0 bridgehead atoms. The molecule has 3 heterocycles. The number of ether oxygens (including phenoxy) is 3. The Labute approximate surface area is 220 Å². The number of rotatable bonds is 7. The molecule has 37 heavy (non-hydrogen) atoms. The Morgan fingerprint density at radius 1 is 1.08 bits per heavy atom. The number of nitrogens with zero attached hydrogens (tertiary/aromatic N) is 3. The lowest BCUT2D eigenvalue weighted by Gasteiger charge is -2.37. The van der Waals surface area contributed by atoms with Crippen LogP contribution < -0.4 is 4.74 Å². The number of para-hydroxylation sites is 1. The minimum absolute atomic E-state index is 0.0289. The van der Waals surface area contributed by atoms with Gasteiger partial charge in [-0.1, -0.05) is 49.0 Å². The lowest BCUT2D eigenvalue weighted by atomic mass is 9.92. The fourth-order valence-corrected chi connectivity index (χ4v) is 5.62. The molecule has 1 saturated heterocycles. The summed E-state index contributed by atoms with van der Waals surface area (Å²) in [4.78, 5) is 34.9. The minimum atomic E-state index is -0.507. The van der Waals surface area contributed by atoms with E-state index in [1.54, 1.807) is 0 Å². The van der Waals surface area contributed by atoms with E-state index in [-0.39, 0.29) is 12.3 Å². The Bertz CT molecular complexity index is 1270. The van der Waals surface area contributed by atoms with Crippen LogP contribution in [0.2, 0.25) is 0 Å². The summed E-state index contributed by atoms with van der Waals surface area (Å²) in [6, 6.07) is 16.7. The van der Waals surface area contributed by atoms with Crippen LogP contribution in [0.4, 0.5) is 0 Å². The number of hydrogen-bond acceptors (Lipinski definition) is 8. The predicted molar refractivity (Wildman–Crippen MR) is 142 cm³/mol. The molecule has 0 radical (unpaired) electrons. The number of carbonyl (C=O) groups is 2. The average molecular weight is 520 g/mol. The summed E-state index contributed by atoms with van der Waals surface area (Å²) in [7, 11) is 1.38. The van der Waals surface area contributed by atoms with Gasteiger partial charge in [0.05, 0.1) is 44.1 Å². The average Bonchev–Trinajstić information content (AvgIpc) is 3.34. The van der Waals surface area contributed by atoms with Crippen molar-refractivity contribution in [3.63, 3.8) is 0 Å². The molecular weight excluding hydrogens is 490 g/mol. The van der Waals surface area contributed by atoms with Gasteiger partial charge in [0, 0.05) is 18.8 Å². The summed E-state index contributed by atoms with van der Waals surface area (Å²) in [5, 5.41) is 2.70. The van der Waals surface area contributed by atoms with E-state index in [1.165, 1.54) is 18.9 Å². The van der Waals surface area contributed by atoms with Crippen LogP contribution in [0.3, 0.4) is 0 Å². The van der Waals surface area contributed by atoms with Crippen molar-refractivity contribution in [1.29, 1.82) is 0 Å². The van der Waals surface area contributed by atoms with Crippen molar-refractivity contribution < 1.29 is 23.8 Å². The van der Waals surface area contributed by atoms with Gasteiger partial charge >= 0.3 is 5.97 Å². The fraction of sp³-hybridized carbons (Fsp3) is 0.321. The minimum Gasteiger partial charge on any atom is -0.466 e. The Morgan fingerprint density at radius 2 is 1.84 bits per heavy atom. The highest BCUT2D eigenvalue weighted by Gasteiger charge is 2.42. The number of thioether (sulfide) groups is 1. The third-order valence-electron chi connectivity index (χ3n) is 6.48. The second-order valence-electron chi connectivity index (χ2n) is 8.76. The molecule has 9 heteroatoms. The maximum absolute atomic E-state index is 13.2. The molecule has 8 nitrogen and oxygen atoms in total. The van der Waals surface area contributed by atoms with Crippen LogP contribution in [0.25, 0.3) is 0 Å². The lowest BCUT2D eigenvalue weighted by Crippen LogP contribution is -2.42. The monoisotopic (exact) mass is 519 g/mol. The molecule has 0 aliphatic carbocycles. The fourth-order valence-electron chi connectivity index (χ4n) is 4.68. The highest BCUT2D eigenvalue weighted by Crippen LogP contribution is 2.46. The van der Waals surface area contributed by atoms with Gasteiger partial charge < -0.3 is 24.0 Å². The molecule has 3 aliphatic rings. The smallest absolute Gasteiger partial charge is 0.338 e. The first-order valence-electron chi connectivity index (χ1n) is 12.3. The first-order valence-corrected chi connectivity index (χ1v) is 13.2. The zero-order chi connectivity index (χ0) is 25.8. The van der Waals surface area contributed by atoms with Gasteiger partial charge in [-0.05, 0) is 41.7 Å². The number of morpholine rings is 1. The summed E-state index contributed by atoms with van der Waals surface area (Å²) in [5.41, 5.74) is 2.80. The van der Waals surface area contributed by atoms with Crippen molar-refractivity contribution in [1.82, 2.24) is 9.80 Å². The van der Waals surface area contributed by atoms with Crippen LogP contribution in [-0.2, 0) is 19.1 Å². The van der Waals surface area contributed by atoms with E-state index in [0.717, 1.165) is 22.2 Å². The van der Waals surface area contributed by atoms with Gasteiger partial charge in [0.25, 0.3) is 0 Å². The molecule has 2 aromatic rings. The molecule has 5 rings (SSSR count). The van der Waals surface area contributed by atoms with Crippen LogP contribution in [0.15, 0.2) is 82.0 Å². The molecule has 0 spiro atoms. The topological polar surface area (TPSA) is 80.7 Å². The standard InChI is InChI=1S/C28H29N3O5S/c1-3-23-25(27(33)34-2)26(19-8-7-11-22(16-19)36-21-9-5-4-6-10-21)31-20(18-37-28(31)29-23)17-24(32)30-12-14-35-15-13-30/h4-11,16,18,26H,3,12-15,17H2,1-2H3. The first-order chi connectivity index (χ1) is 18.1. The van der Waals surface area contributed by atoms with E-state index in [2.05, 4.69) is 0 Å². The van der Waals surface area contributed by atoms with Gasteiger partial charge in [-0.25, -0.2) is 9.79 Å². The molecule has 1 amide bonds. The maximum Gasteiger partial charge on any atom is 0.338 e. The largest absolute Gasteiger partial charge is 0.466 e. The normalized spacial score (nSPS) is 19.2. The molecular formula is C28H29N3O5S. The number of methoxy groups -OCH3 is 1. The zero-order valence-electron chi connectivity index (χ0n) is 20.9. The van der Waals surface area contributed by atoms with Crippen LogP contribution in [0.1, 0.15) is 31.4 Å². The van der Waals surface area contributed by atoms with Crippen LogP contribution in [0, 0.1) is 0 Å². The van der Waals surface area contributed by atoms with Crippen LogP contribution >= 0.6 is 11.8 Å². The van der Waals surface area contributed by atoms with E-state index < -0.39 is 12.0 Å². The third kappa shape index (κ3) is 5.28. The number of allylic oxidation sites excluding steroid dienone is 1. The Morgan fingerprint density at radius 3 is 2.57 bits per heavy atom. The summed E-state index contributed by atoms with van der Waals surface area (Å²) in [5.74, 6) is 0.963. The van der Waals surface area contributed by atoms with Gasteiger partial charge in [0.2, 0.25) is 5.91 Å². The number of aliphatic imine (C=N–C) groups is 1. The molecule has 1 atom stereocenters. The molecule has 0 aromatic heterocycles. The van der Waals surface area contributed by atoms with Crippen LogP contribution in [-0.4, -0.2) is 60.3 Å². The number of fused-ring (bicyclic) bond motifs is 1. The van der Waals surface area contributed by atoms with Crippen molar-refractivity contribution in [3.05, 3.63) is 82.5 Å². The number of carbonyl (C=O) groups excluding carboxylic acids is 2. The SMILES string of the molecule is CCC1=C(C(=O)OC)C(c2cccc(Oc3ccccc3)c2)N2C(CC(=O)N3CCOCC3)=CSC2=N1. The van der Waals surface area contributed by atoms with Crippen molar-refractivity contribution in [2.45, 2.75) is 25.8 Å². The predicted octanol–water partition coefficient (Wildman–Crippen LogP) is 4.87. The highest BCUT2D eigenvalue weighted by molar-refractivity contribution is 8.16. The number of amides is 1. The summed E-state index contributed by atoms with van der Waals surface area (Å²) >= 11 is 1.47. The molecule has 0 saturated carbocycles. The highest BCUT2D eigenvalue weighted by atomic mass is 32.2. The van der Waals surface area contributed by atoms with Crippen molar-refractivity contribution >= 4 is 28.8 Å². The van der Waals surface area contributed by atoms with E-state index in [1.807, 2.05) is 76.7 Å². The van der Waals surface area contributed by atoms with Gasteiger partial charge in [0.15, 0.2) is 5.17 Å². The molecule has 3 aliphatic heterocycles. The Balaban J connectivity index is 1.51. The van der Waals surface area contributed by atoms with Crippen molar-refractivity contribution in [3.8, 4) is 11.5 Å². The van der Waals surface area contributed by atoms with Crippen LogP contribution in [0.5, 0.6) is 11.5 Å². The van der Waals surface area contributed by atoms with E-state index in [9.17, 15) is 9.59 Å². The second-order valence-corrected chi connectivity index (χ2v) is 9.59. The number of amidine groups is 1. The zero-order valence-corrected chi connectivity index (χ0v) is 21.7. The van der Waals surface area contributed by atoms with E-state index in [4.69, 9.17) is 19.2 Å². The molecule has 1 fully saturated rings. The summed E-state index contributed by atoms with van der Waals surface area (Å²) < 4.78 is 16.7. The maximum atomic E-state index is 13.2. The molecule has 192 valence electrons. The van der Waals surface area contributed by atoms with Gasteiger partial charge in [-0.15, -0.1) is 0 Å². The number of esters is 1. The number of benzene rings is 2. The van der Waals surface area contributed by atoms with Crippen molar-refractivity contribution in [2.24, 2.45) is 4.99 Å². The second kappa shape index (κ2) is 11.2. The first kappa shape index (κ1) is 25.1. The van der Waals surface area contributed by atoms with Gasteiger partial charge in [-0.2, -0.15) is 0 Å². The van der Waals surface area contributed by atoms with Gasteiger partial charge in [0.1, 0.15) is 11.5 Å². The summed E-state index contributed by atoms with van der Waals surface area (Å²) in [6.07, 6.45) is 0.777. The molecule has 0 N–H and O–H groups in total. The van der Waals surface area contributed by atoms with Gasteiger partial charge in [-0.3, -0.25) is 4.79 Å². The van der Waals surface area contributed by atoms with Crippen molar-refractivity contribution in [2.75, 3.05) is 33.4 Å². The molecule has 2 aromatic carbocycles. The quantitative estimate of drug-likeness (QED) is 0.483. The Hall–Kier alpha value is -3.56. The lowest BCUT2D eigenvalue weighted by molar-refractivity contribution is -0.136. The van der Waals surface area contributed by atoms with E-state index in [0.29, 0.717) is 49.7 Å². The summed E-state index contributed by atoms with van der Waals surface area (Å²) in [6.45, 7) is 4.22. The molecule has 1 unspecified atom stereocenters. The Kier molecular flexibility index (Phi) is 7.62. The number of hydrogen-bond donors (Lipinski definition) is 0. The van der Waals surface area contributed by atoms with E-state index >= 15 is 0 Å². The third-order valence-corrected chi connectivity index (χ3v) is 7.37.